The van der Waals surface area contributed by atoms with Gasteiger partial charge in [0.15, 0.2) is 0 Å². The molecule has 0 aliphatic carbocycles. The summed E-state index contributed by atoms with van der Waals surface area (Å²) in [6.45, 7) is 6.85. The van der Waals surface area contributed by atoms with Crippen LogP contribution in [0.25, 0.3) is 0 Å². The van der Waals surface area contributed by atoms with Gasteiger partial charge in [-0.1, -0.05) is 31.5 Å². The fraction of sp³-hybridized carbons (Fsp3) is 0.500. The summed E-state index contributed by atoms with van der Waals surface area (Å²) in [6, 6.07) is 4.99. The molecule has 0 saturated carbocycles. The zero-order valence-electron chi connectivity index (χ0n) is 10.1. The molecule has 0 spiro atoms. The monoisotopic (exact) mass is 256 g/mol. The quantitative estimate of drug-likeness (QED) is 0.578. The lowest BCUT2D eigenvalue weighted by Crippen LogP contribution is -2.23. The van der Waals surface area contributed by atoms with Crippen molar-refractivity contribution in [3.63, 3.8) is 0 Å². The molecule has 0 atom stereocenters. The average molecular weight is 257 g/mol. The van der Waals surface area contributed by atoms with Crippen molar-refractivity contribution in [2.24, 2.45) is 0 Å². The smallest absolute Gasteiger partial charge is 0.288 e. The van der Waals surface area contributed by atoms with Crippen LogP contribution in [0.5, 0.6) is 0 Å². The number of halogens is 1. The third-order valence-electron chi connectivity index (χ3n) is 2.60. The summed E-state index contributed by atoms with van der Waals surface area (Å²) in [4.78, 5) is 12.6. The summed E-state index contributed by atoms with van der Waals surface area (Å²) >= 11 is 5.77. The predicted octanol–water partition coefficient (Wildman–Crippen LogP) is 3.48. The molecular weight excluding hydrogens is 240 g/mol. The molecule has 0 N–H and O–H groups in total. The van der Waals surface area contributed by atoms with Crippen LogP contribution in [0, 0.1) is 10.1 Å². The highest BCUT2D eigenvalue weighted by atomic mass is 35.5. The van der Waals surface area contributed by atoms with Crippen molar-refractivity contribution in [1.29, 1.82) is 0 Å². The third kappa shape index (κ3) is 3.98. The van der Waals surface area contributed by atoms with Gasteiger partial charge in [0.2, 0.25) is 0 Å². The second kappa shape index (κ2) is 6.57. The zero-order chi connectivity index (χ0) is 12.8. The standard InChI is InChI=1S/C12H17ClN2O2/c1-3-7-14(4-2)9-10-5-6-11(13)12(8-10)15(16)17/h5-6,8H,3-4,7,9H2,1-2H3. The maximum absolute atomic E-state index is 10.8. The second-order valence-corrected chi connectivity index (χ2v) is 4.32. The van der Waals surface area contributed by atoms with Crippen LogP contribution in [0.1, 0.15) is 25.8 Å². The van der Waals surface area contributed by atoms with Crippen LogP contribution < -0.4 is 0 Å². The van der Waals surface area contributed by atoms with E-state index >= 15 is 0 Å². The van der Waals surface area contributed by atoms with Crippen LogP contribution in [0.2, 0.25) is 5.02 Å². The molecule has 0 heterocycles. The summed E-state index contributed by atoms with van der Waals surface area (Å²) in [6.07, 6.45) is 1.07. The van der Waals surface area contributed by atoms with E-state index in [-0.39, 0.29) is 10.7 Å². The van der Waals surface area contributed by atoms with Crippen molar-refractivity contribution < 1.29 is 4.92 Å². The van der Waals surface area contributed by atoms with Gasteiger partial charge in [0, 0.05) is 12.6 Å². The number of hydrogen-bond donors (Lipinski definition) is 0. The Kier molecular flexibility index (Phi) is 5.38. The number of nitro groups is 1. The van der Waals surface area contributed by atoms with E-state index in [1.807, 2.05) is 6.07 Å². The number of hydrogen-bond acceptors (Lipinski definition) is 3. The van der Waals surface area contributed by atoms with E-state index in [2.05, 4.69) is 18.7 Å². The van der Waals surface area contributed by atoms with Crippen molar-refractivity contribution in [3.05, 3.63) is 38.9 Å². The highest BCUT2D eigenvalue weighted by Gasteiger charge is 2.13. The van der Waals surface area contributed by atoms with E-state index in [1.165, 1.54) is 0 Å². The number of nitrogens with zero attached hydrogens (tertiary/aromatic N) is 2. The van der Waals surface area contributed by atoms with E-state index in [9.17, 15) is 10.1 Å². The van der Waals surface area contributed by atoms with E-state index in [0.29, 0.717) is 0 Å². The van der Waals surface area contributed by atoms with Gasteiger partial charge in [0.1, 0.15) is 5.02 Å². The Bertz CT molecular complexity index is 396. The number of benzene rings is 1. The van der Waals surface area contributed by atoms with Gasteiger partial charge in [-0.25, -0.2) is 0 Å². The molecule has 94 valence electrons. The molecule has 0 saturated heterocycles. The number of rotatable bonds is 6. The van der Waals surface area contributed by atoms with Crippen LogP contribution in [0.3, 0.4) is 0 Å². The van der Waals surface area contributed by atoms with Crippen LogP contribution in [-0.4, -0.2) is 22.9 Å². The minimum atomic E-state index is -0.443. The Morgan fingerprint density at radius 3 is 2.65 bits per heavy atom. The van der Waals surface area contributed by atoms with E-state index in [4.69, 9.17) is 11.6 Å². The molecule has 0 bridgehead atoms. The first-order chi connectivity index (χ1) is 8.08. The zero-order valence-corrected chi connectivity index (χ0v) is 10.9. The van der Waals surface area contributed by atoms with Crippen molar-refractivity contribution in [2.45, 2.75) is 26.8 Å². The Morgan fingerprint density at radius 1 is 1.41 bits per heavy atom. The fourth-order valence-corrected chi connectivity index (χ4v) is 1.91. The SMILES string of the molecule is CCCN(CC)Cc1ccc(Cl)c([N+](=O)[O-])c1. The van der Waals surface area contributed by atoms with Crippen molar-refractivity contribution in [1.82, 2.24) is 4.90 Å². The molecular formula is C12H17ClN2O2. The lowest BCUT2D eigenvalue weighted by molar-refractivity contribution is -0.384. The van der Waals surface area contributed by atoms with Crippen molar-refractivity contribution in [3.8, 4) is 0 Å². The van der Waals surface area contributed by atoms with Gasteiger partial charge < -0.3 is 0 Å². The summed E-state index contributed by atoms with van der Waals surface area (Å²) in [5, 5.41) is 11.0. The highest BCUT2D eigenvalue weighted by molar-refractivity contribution is 6.32. The Balaban J connectivity index is 2.84. The minimum Gasteiger partial charge on any atom is -0.299 e. The van der Waals surface area contributed by atoms with Gasteiger partial charge in [0.05, 0.1) is 4.92 Å². The average Bonchev–Trinajstić information content (AvgIpc) is 2.30. The summed E-state index contributed by atoms with van der Waals surface area (Å²) in [5.74, 6) is 0. The maximum Gasteiger partial charge on any atom is 0.288 e. The summed E-state index contributed by atoms with van der Waals surface area (Å²) in [7, 11) is 0. The third-order valence-corrected chi connectivity index (χ3v) is 2.92. The van der Waals surface area contributed by atoms with Gasteiger partial charge in [-0.05, 0) is 31.1 Å². The molecule has 5 heteroatoms. The Labute approximate surface area is 106 Å². The Hall–Kier alpha value is -1.13. The van der Waals surface area contributed by atoms with Crippen LogP contribution >= 0.6 is 11.6 Å². The fourth-order valence-electron chi connectivity index (χ4n) is 1.72. The molecule has 0 aliphatic heterocycles. The first-order valence-corrected chi connectivity index (χ1v) is 6.11. The highest BCUT2D eigenvalue weighted by Crippen LogP contribution is 2.25. The molecule has 1 aromatic rings. The molecule has 4 nitrogen and oxygen atoms in total. The molecule has 17 heavy (non-hydrogen) atoms. The molecule has 0 unspecified atom stereocenters. The number of nitro benzene ring substituents is 1. The van der Waals surface area contributed by atoms with Gasteiger partial charge in [-0.2, -0.15) is 0 Å². The normalized spacial score (nSPS) is 10.8. The van der Waals surface area contributed by atoms with Crippen LogP contribution in [0.4, 0.5) is 5.69 Å². The molecule has 0 aliphatic rings. The van der Waals surface area contributed by atoms with Crippen molar-refractivity contribution in [2.75, 3.05) is 13.1 Å². The Morgan fingerprint density at radius 2 is 2.12 bits per heavy atom. The van der Waals surface area contributed by atoms with Crippen LogP contribution in [0.15, 0.2) is 18.2 Å². The van der Waals surface area contributed by atoms with Gasteiger partial charge >= 0.3 is 0 Å². The molecule has 1 rings (SSSR count). The molecule has 0 aromatic heterocycles. The van der Waals surface area contributed by atoms with Gasteiger partial charge in [0.25, 0.3) is 5.69 Å². The summed E-state index contributed by atoms with van der Waals surface area (Å²) in [5.41, 5.74) is 0.910. The molecule has 0 radical (unpaired) electrons. The van der Waals surface area contributed by atoms with Crippen molar-refractivity contribution >= 4 is 17.3 Å². The lowest BCUT2D eigenvalue weighted by atomic mass is 10.2. The lowest BCUT2D eigenvalue weighted by Gasteiger charge is -2.19. The van der Waals surface area contributed by atoms with E-state index < -0.39 is 4.92 Å². The molecule has 0 fully saturated rings. The minimum absolute atomic E-state index is 0.0169. The second-order valence-electron chi connectivity index (χ2n) is 3.91. The first kappa shape index (κ1) is 13.9. The predicted molar refractivity (Wildman–Crippen MR) is 69.3 cm³/mol. The summed E-state index contributed by atoms with van der Waals surface area (Å²) < 4.78 is 0. The first-order valence-electron chi connectivity index (χ1n) is 5.73. The maximum atomic E-state index is 10.8. The van der Waals surface area contributed by atoms with E-state index in [0.717, 1.165) is 31.6 Å². The van der Waals surface area contributed by atoms with E-state index in [1.54, 1.807) is 12.1 Å². The van der Waals surface area contributed by atoms with Gasteiger partial charge in [-0.15, -0.1) is 0 Å². The molecule has 1 aromatic carbocycles. The van der Waals surface area contributed by atoms with Crippen LogP contribution in [-0.2, 0) is 6.54 Å². The molecule has 0 amide bonds. The topological polar surface area (TPSA) is 46.4 Å². The largest absolute Gasteiger partial charge is 0.299 e. The van der Waals surface area contributed by atoms with Gasteiger partial charge in [-0.3, -0.25) is 15.0 Å².